The molecule has 2 aromatic rings. The van der Waals surface area contributed by atoms with E-state index in [1.807, 2.05) is 19.2 Å². The molecule has 27 heavy (non-hydrogen) atoms. The van der Waals surface area contributed by atoms with Crippen molar-refractivity contribution in [2.24, 2.45) is 0 Å². The number of aromatic nitrogens is 2. The highest BCUT2D eigenvalue weighted by Crippen LogP contribution is 2.38. The summed E-state index contributed by atoms with van der Waals surface area (Å²) in [5.74, 6) is 0.0568. The van der Waals surface area contributed by atoms with E-state index < -0.39 is 0 Å². The van der Waals surface area contributed by atoms with Gasteiger partial charge < -0.3 is 14.5 Å². The molecule has 0 bridgehead atoms. The maximum absolute atomic E-state index is 13.3. The number of hydrogen-bond donors (Lipinski definition) is 0. The van der Waals surface area contributed by atoms with E-state index in [-0.39, 0.29) is 23.6 Å². The molecule has 1 fully saturated rings. The van der Waals surface area contributed by atoms with Crippen LogP contribution in [0.25, 0.3) is 0 Å². The highest BCUT2D eigenvalue weighted by atomic mass is 35.5. The van der Waals surface area contributed by atoms with Crippen molar-refractivity contribution in [3.63, 3.8) is 0 Å². The maximum atomic E-state index is 13.3. The molecule has 0 N–H and O–H groups in total. The summed E-state index contributed by atoms with van der Waals surface area (Å²) in [6.07, 6.45) is 1.48. The molecule has 2 aliphatic heterocycles. The average molecular weight is 388 g/mol. The van der Waals surface area contributed by atoms with E-state index >= 15 is 0 Å². The Morgan fingerprint density at radius 2 is 1.96 bits per heavy atom. The lowest BCUT2D eigenvalue weighted by atomic mass is 10.1. The van der Waals surface area contributed by atoms with Gasteiger partial charge in [0.15, 0.2) is 5.82 Å². The van der Waals surface area contributed by atoms with E-state index in [2.05, 4.69) is 9.97 Å². The number of hydrogen-bond acceptors (Lipinski definition) is 6. The predicted molar refractivity (Wildman–Crippen MR) is 101 cm³/mol. The number of ether oxygens (including phenoxy) is 1. The van der Waals surface area contributed by atoms with Gasteiger partial charge in [-0.25, -0.2) is 4.98 Å². The molecule has 140 valence electrons. The summed E-state index contributed by atoms with van der Waals surface area (Å²) in [6.45, 7) is 1.93. The Balaban J connectivity index is 1.76. The van der Waals surface area contributed by atoms with Gasteiger partial charge >= 0.3 is 0 Å². The van der Waals surface area contributed by atoms with E-state index in [1.54, 1.807) is 21.9 Å². The third-order valence-electron chi connectivity index (χ3n) is 4.73. The number of anilines is 3. The normalized spacial score (nSPS) is 16.7. The summed E-state index contributed by atoms with van der Waals surface area (Å²) in [6, 6.07) is 7.21. The molecular weight excluding hydrogens is 370 g/mol. The van der Waals surface area contributed by atoms with Crippen LogP contribution in [0.3, 0.4) is 0 Å². The van der Waals surface area contributed by atoms with Gasteiger partial charge in [0.2, 0.25) is 11.2 Å². The first-order chi connectivity index (χ1) is 13.1. The van der Waals surface area contributed by atoms with Crippen LogP contribution in [0.1, 0.15) is 10.4 Å². The van der Waals surface area contributed by atoms with Crippen molar-refractivity contribution in [3.8, 4) is 0 Å². The number of carbonyl (C=O) groups is 2. The van der Waals surface area contributed by atoms with Crippen LogP contribution in [-0.2, 0) is 9.53 Å². The van der Waals surface area contributed by atoms with Gasteiger partial charge in [-0.3, -0.25) is 14.5 Å². The molecule has 0 radical (unpaired) electrons. The number of para-hydroxylation sites is 1. The summed E-state index contributed by atoms with van der Waals surface area (Å²) in [7, 11) is 1.81. The van der Waals surface area contributed by atoms with Gasteiger partial charge in [-0.05, 0) is 23.7 Å². The lowest BCUT2D eigenvalue weighted by molar-refractivity contribution is -0.133. The predicted octanol–water partition coefficient (Wildman–Crippen LogP) is 1.72. The third-order valence-corrected chi connectivity index (χ3v) is 4.91. The SMILES string of the molecule is CN1c2ccccc2C(=O)N(CC(=O)N2CCOCC2)c2cnc(Cl)nc21. The van der Waals surface area contributed by atoms with Gasteiger partial charge in [0.25, 0.3) is 5.91 Å². The topological polar surface area (TPSA) is 78.9 Å². The van der Waals surface area contributed by atoms with Gasteiger partial charge in [-0.1, -0.05) is 12.1 Å². The van der Waals surface area contributed by atoms with Crippen LogP contribution in [0.15, 0.2) is 30.5 Å². The van der Waals surface area contributed by atoms with Gasteiger partial charge in [0.05, 0.1) is 30.7 Å². The quantitative estimate of drug-likeness (QED) is 0.730. The van der Waals surface area contributed by atoms with Gasteiger partial charge in [-0.2, -0.15) is 4.98 Å². The molecule has 2 aliphatic rings. The molecule has 1 saturated heterocycles. The zero-order valence-corrected chi connectivity index (χ0v) is 15.5. The van der Waals surface area contributed by atoms with Crippen LogP contribution in [-0.4, -0.2) is 66.6 Å². The van der Waals surface area contributed by atoms with E-state index in [4.69, 9.17) is 16.3 Å². The number of morpholine rings is 1. The summed E-state index contributed by atoms with van der Waals surface area (Å²) in [5.41, 5.74) is 1.63. The number of fused-ring (bicyclic) bond motifs is 2. The average Bonchev–Trinajstić information content (AvgIpc) is 2.78. The van der Waals surface area contributed by atoms with Crippen molar-refractivity contribution in [3.05, 3.63) is 41.3 Å². The molecule has 0 aliphatic carbocycles. The molecule has 9 heteroatoms. The third kappa shape index (κ3) is 3.22. The first-order valence-corrected chi connectivity index (χ1v) is 8.97. The summed E-state index contributed by atoms with van der Waals surface area (Å²) in [5, 5.41) is 0.0758. The van der Waals surface area contributed by atoms with Crippen molar-refractivity contribution in [2.45, 2.75) is 0 Å². The Morgan fingerprint density at radius 1 is 1.22 bits per heavy atom. The monoisotopic (exact) mass is 387 g/mol. The number of nitrogens with zero attached hydrogens (tertiary/aromatic N) is 5. The zero-order valence-electron chi connectivity index (χ0n) is 14.8. The molecule has 0 unspecified atom stereocenters. The maximum Gasteiger partial charge on any atom is 0.261 e. The number of benzene rings is 1. The van der Waals surface area contributed by atoms with Crippen LogP contribution < -0.4 is 9.80 Å². The second-order valence-electron chi connectivity index (χ2n) is 6.31. The second-order valence-corrected chi connectivity index (χ2v) is 6.65. The fourth-order valence-corrected chi connectivity index (χ4v) is 3.43. The summed E-state index contributed by atoms with van der Waals surface area (Å²) < 4.78 is 5.30. The highest BCUT2D eigenvalue weighted by Gasteiger charge is 2.33. The minimum atomic E-state index is -0.274. The van der Waals surface area contributed by atoms with Gasteiger partial charge in [0.1, 0.15) is 12.2 Å². The smallest absolute Gasteiger partial charge is 0.261 e. The molecular formula is C18H18ClN5O3. The van der Waals surface area contributed by atoms with Crippen LogP contribution in [0.2, 0.25) is 5.28 Å². The fraction of sp³-hybridized carbons (Fsp3) is 0.333. The molecule has 4 rings (SSSR count). The Labute approximate surface area is 161 Å². The van der Waals surface area contributed by atoms with Crippen LogP contribution in [0.4, 0.5) is 17.2 Å². The Kier molecular flexibility index (Phi) is 4.67. The van der Waals surface area contributed by atoms with E-state index in [1.165, 1.54) is 11.1 Å². The van der Waals surface area contributed by atoms with Crippen molar-refractivity contribution >= 4 is 40.6 Å². The molecule has 8 nitrogen and oxygen atoms in total. The number of carbonyl (C=O) groups excluding carboxylic acids is 2. The van der Waals surface area contributed by atoms with Crippen LogP contribution in [0, 0.1) is 0 Å². The highest BCUT2D eigenvalue weighted by molar-refractivity contribution is 6.28. The minimum absolute atomic E-state index is 0.0758. The molecule has 1 aromatic carbocycles. The number of amides is 2. The van der Waals surface area contributed by atoms with Crippen molar-refractivity contribution in [2.75, 3.05) is 49.7 Å². The molecule has 1 aromatic heterocycles. The standard InChI is InChI=1S/C18H18ClN5O3/c1-22-13-5-3-2-4-12(13)17(26)24(14-10-20-18(19)21-16(14)22)11-15(25)23-6-8-27-9-7-23/h2-5,10H,6-9,11H2,1H3. The second kappa shape index (κ2) is 7.13. The minimum Gasteiger partial charge on any atom is -0.378 e. The molecule has 0 saturated carbocycles. The Bertz CT molecular complexity index is 900. The number of rotatable bonds is 2. The Hall–Kier alpha value is -2.71. The zero-order chi connectivity index (χ0) is 19.0. The summed E-state index contributed by atoms with van der Waals surface area (Å²) in [4.78, 5) is 39.3. The molecule has 2 amide bonds. The van der Waals surface area contributed by atoms with Crippen LogP contribution in [0.5, 0.6) is 0 Å². The molecule has 0 spiro atoms. The molecule has 3 heterocycles. The van der Waals surface area contributed by atoms with Crippen molar-refractivity contribution in [1.29, 1.82) is 0 Å². The van der Waals surface area contributed by atoms with E-state index in [0.29, 0.717) is 49.1 Å². The fourth-order valence-electron chi connectivity index (χ4n) is 3.30. The largest absolute Gasteiger partial charge is 0.378 e. The first kappa shape index (κ1) is 17.7. The van der Waals surface area contributed by atoms with Crippen molar-refractivity contribution in [1.82, 2.24) is 14.9 Å². The summed E-state index contributed by atoms with van der Waals surface area (Å²) >= 11 is 5.99. The Morgan fingerprint density at radius 3 is 2.74 bits per heavy atom. The van der Waals surface area contributed by atoms with Crippen molar-refractivity contribution < 1.29 is 14.3 Å². The lowest BCUT2D eigenvalue weighted by Crippen LogP contribution is -2.47. The molecule has 0 atom stereocenters. The lowest BCUT2D eigenvalue weighted by Gasteiger charge is -2.30. The van der Waals surface area contributed by atoms with Gasteiger partial charge in [0, 0.05) is 20.1 Å². The first-order valence-electron chi connectivity index (χ1n) is 8.59. The van der Waals surface area contributed by atoms with Crippen LogP contribution >= 0.6 is 11.6 Å². The number of halogens is 1. The van der Waals surface area contributed by atoms with Gasteiger partial charge in [-0.15, -0.1) is 0 Å². The van der Waals surface area contributed by atoms with E-state index in [0.717, 1.165) is 0 Å². The van der Waals surface area contributed by atoms with E-state index in [9.17, 15) is 9.59 Å².